The lowest BCUT2D eigenvalue weighted by atomic mass is 10.0. The van der Waals surface area contributed by atoms with E-state index in [0.29, 0.717) is 18.5 Å². The second kappa shape index (κ2) is 6.97. The molecule has 5 heteroatoms. The number of amides is 3. The van der Waals surface area contributed by atoms with E-state index in [1.807, 2.05) is 63.2 Å². The van der Waals surface area contributed by atoms with Crippen LogP contribution in [0, 0.1) is 6.92 Å². The van der Waals surface area contributed by atoms with Gasteiger partial charge in [-0.2, -0.15) is 0 Å². The van der Waals surface area contributed by atoms with Crippen molar-refractivity contribution in [2.75, 3.05) is 16.8 Å². The number of carbonyl (C=O) groups excluding carboxylic acids is 2. The maximum Gasteiger partial charge on any atom is 0.326 e. The molecule has 1 heterocycles. The highest BCUT2D eigenvalue weighted by Gasteiger charge is 2.28. The average Bonchev–Trinajstić information content (AvgIpc) is 3.00. The third-order valence-electron chi connectivity index (χ3n) is 4.24. The van der Waals surface area contributed by atoms with E-state index in [9.17, 15) is 9.59 Å². The van der Waals surface area contributed by atoms with Crippen LogP contribution in [0.15, 0.2) is 42.5 Å². The molecule has 0 bridgehead atoms. The first kappa shape index (κ1) is 17.0. The van der Waals surface area contributed by atoms with Gasteiger partial charge in [-0.3, -0.25) is 9.69 Å². The van der Waals surface area contributed by atoms with E-state index in [0.717, 1.165) is 22.5 Å². The fourth-order valence-corrected chi connectivity index (χ4v) is 3.03. The zero-order chi connectivity index (χ0) is 18.0. The number of rotatable bonds is 3. The zero-order valence-corrected chi connectivity index (χ0v) is 14.8. The van der Waals surface area contributed by atoms with Gasteiger partial charge in [0.25, 0.3) is 5.91 Å². The lowest BCUT2D eigenvalue weighted by molar-refractivity contribution is 0.0942. The summed E-state index contributed by atoms with van der Waals surface area (Å²) >= 11 is 0. The fourth-order valence-electron chi connectivity index (χ4n) is 3.03. The number of nitrogens with one attached hydrogen (secondary N) is 2. The second-order valence-corrected chi connectivity index (χ2v) is 6.63. The second-order valence-electron chi connectivity index (χ2n) is 6.63. The summed E-state index contributed by atoms with van der Waals surface area (Å²) < 4.78 is 0. The molecule has 1 aliphatic heterocycles. The van der Waals surface area contributed by atoms with E-state index in [-0.39, 0.29) is 18.0 Å². The average molecular weight is 337 g/mol. The zero-order valence-electron chi connectivity index (χ0n) is 14.8. The molecule has 130 valence electrons. The van der Waals surface area contributed by atoms with E-state index in [2.05, 4.69) is 10.6 Å². The first-order chi connectivity index (χ1) is 12.0. The predicted octanol–water partition coefficient (Wildman–Crippen LogP) is 3.73. The van der Waals surface area contributed by atoms with Gasteiger partial charge in [0.2, 0.25) is 0 Å². The summed E-state index contributed by atoms with van der Waals surface area (Å²) in [6, 6.07) is 13.1. The number of fused-ring (bicyclic) bond motifs is 1. The molecule has 5 nitrogen and oxygen atoms in total. The number of hydrogen-bond acceptors (Lipinski definition) is 2. The molecule has 2 N–H and O–H groups in total. The van der Waals surface area contributed by atoms with Crippen LogP contribution in [0.1, 0.15) is 35.3 Å². The summed E-state index contributed by atoms with van der Waals surface area (Å²) in [5.41, 5.74) is 4.29. The Morgan fingerprint density at radius 1 is 1.08 bits per heavy atom. The maximum absolute atomic E-state index is 12.6. The summed E-state index contributed by atoms with van der Waals surface area (Å²) in [5, 5.41) is 5.84. The van der Waals surface area contributed by atoms with Crippen LogP contribution in [0.5, 0.6) is 0 Å². The highest BCUT2D eigenvalue weighted by molar-refractivity contribution is 6.05. The Morgan fingerprint density at radius 3 is 2.48 bits per heavy atom. The van der Waals surface area contributed by atoms with Crippen LogP contribution < -0.4 is 15.5 Å². The molecule has 3 rings (SSSR count). The van der Waals surface area contributed by atoms with Gasteiger partial charge in [0.1, 0.15) is 0 Å². The van der Waals surface area contributed by atoms with Gasteiger partial charge in [0, 0.05) is 29.5 Å². The molecule has 0 aromatic heterocycles. The Labute approximate surface area is 148 Å². The number of hydrogen-bond donors (Lipinski definition) is 2. The van der Waals surface area contributed by atoms with Gasteiger partial charge in [0.15, 0.2) is 0 Å². The lowest BCUT2D eigenvalue weighted by Gasteiger charge is -2.19. The molecule has 0 spiro atoms. The summed E-state index contributed by atoms with van der Waals surface area (Å²) in [6.07, 6.45) is 0.679. The van der Waals surface area contributed by atoms with Crippen molar-refractivity contribution in [1.29, 1.82) is 0 Å². The molecule has 0 saturated heterocycles. The lowest BCUT2D eigenvalue weighted by Crippen LogP contribution is -2.33. The molecule has 1 aliphatic rings. The summed E-state index contributed by atoms with van der Waals surface area (Å²) in [5.74, 6) is -0.0901. The number of urea groups is 1. The van der Waals surface area contributed by atoms with Crippen LogP contribution in [0.3, 0.4) is 0 Å². The molecule has 0 fully saturated rings. The van der Waals surface area contributed by atoms with Gasteiger partial charge in [-0.05, 0) is 57.0 Å². The Morgan fingerprint density at radius 2 is 1.80 bits per heavy atom. The molecule has 3 amide bonds. The number of benzene rings is 2. The van der Waals surface area contributed by atoms with Crippen molar-refractivity contribution in [3.63, 3.8) is 0 Å². The first-order valence-electron chi connectivity index (χ1n) is 8.53. The van der Waals surface area contributed by atoms with Crippen LogP contribution in [0.2, 0.25) is 0 Å². The predicted molar refractivity (Wildman–Crippen MR) is 100 cm³/mol. The van der Waals surface area contributed by atoms with Gasteiger partial charge < -0.3 is 10.6 Å². The van der Waals surface area contributed by atoms with Gasteiger partial charge in [-0.1, -0.05) is 23.8 Å². The fraction of sp³-hybridized carbons (Fsp3) is 0.300. The molecule has 0 atom stereocenters. The largest absolute Gasteiger partial charge is 0.350 e. The normalized spacial score (nSPS) is 12.9. The number of anilines is 2. The molecule has 2 aromatic carbocycles. The molecule has 0 saturated carbocycles. The number of carbonyl (C=O) groups is 2. The van der Waals surface area contributed by atoms with Crippen molar-refractivity contribution in [1.82, 2.24) is 5.32 Å². The monoisotopic (exact) mass is 337 g/mol. The Kier molecular flexibility index (Phi) is 4.74. The Bertz CT molecular complexity index is 797. The minimum atomic E-state index is -0.177. The Hall–Kier alpha value is -2.82. The van der Waals surface area contributed by atoms with Crippen molar-refractivity contribution in [3.05, 3.63) is 59.2 Å². The van der Waals surface area contributed by atoms with Crippen molar-refractivity contribution in [2.24, 2.45) is 0 Å². The van der Waals surface area contributed by atoms with Crippen LogP contribution in [0.25, 0.3) is 0 Å². The van der Waals surface area contributed by atoms with Gasteiger partial charge in [-0.15, -0.1) is 0 Å². The minimum Gasteiger partial charge on any atom is -0.350 e. The van der Waals surface area contributed by atoms with Gasteiger partial charge in [-0.25, -0.2) is 4.79 Å². The molecular formula is C20H23N3O2. The standard InChI is InChI=1S/C20H23N3O2/c1-13(2)21-19(24)17-5-4-6-18-16(17)11-12-23(18)20(25)22-15-9-7-14(3)8-10-15/h4-10,13H,11-12H2,1-3H3,(H,21,24)(H,22,25). The van der Waals surface area contributed by atoms with Crippen LogP contribution in [-0.4, -0.2) is 24.5 Å². The van der Waals surface area contributed by atoms with Crippen LogP contribution in [-0.2, 0) is 6.42 Å². The van der Waals surface area contributed by atoms with Crippen LogP contribution >= 0.6 is 0 Å². The van der Waals surface area contributed by atoms with Crippen molar-refractivity contribution >= 4 is 23.3 Å². The highest BCUT2D eigenvalue weighted by Crippen LogP contribution is 2.31. The van der Waals surface area contributed by atoms with Gasteiger partial charge in [0.05, 0.1) is 0 Å². The van der Waals surface area contributed by atoms with Gasteiger partial charge >= 0.3 is 6.03 Å². The van der Waals surface area contributed by atoms with Crippen molar-refractivity contribution < 1.29 is 9.59 Å². The van der Waals surface area contributed by atoms with E-state index < -0.39 is 0 Å². The maximum atomic E-state index is 12.6. The first-order valence-corrected chi connectivity index (χ1v) is 8.53. The number of nitrogens with zero attached hydrogens (tertiary/aromatic N) is 1. The van der Waals surface area contributed by atoms with Crippen LogP contribution in [0.4, 0.5) is 16.2 Å². The van der Waals surface area contributed by atoms with E-state index in [1.54, 1.807) is 4.90 Å². The molecule has 25 heavy (non-hydrogen) atoms. The number of aryl methyl sites for hydroxylation is 1. The molecule has 2 aromatic rings. The molecule has 0 radical (unpaired) electrons. The Balaban J connectivity index is 1.80. The minimum absolute atomic E-state index is 0.0747. The quantitative estimate of drug-likeness (QED) is 0.896. The smallest absolute Gasteiger partial charge is 0.326 e. The third-order valence-corrected chi connectivity index (χ3v) is 4.24. The van der Waals surface area contributed by atoms with E-state index in [1.165, 1.54) is 0 Å². The topological polar surface area (TPSA) is 61.4 Å². The molecular weight excluding hydrogens is 314 g/mol. The van der Waals surface area contributed by atoms with Crippen molar-refractivity contribution in [2.45, 2.75) is 33.2 Å². The molecule has 0 unspecified atom stereocenters. The highest BCUT2D eigenvalue weighted by atomic mass is 16.2. The SMILES string of the molecule is Cc1ccc(NC(=O)N2CCc3c(C(=O)NC(C)C)cccc32)cc1. The van der Waals surface area contributed by atoms with Crippen molar-refractivity contribution in [3.8, 4) is 0 Å². The summed E-state index contributed by atoms with van der Waals surface area (Å²) in [4.78, 5) is 26.7. The van der Waals surface area contributed by atoms with E-state index >= 15 is 0 Å². The summed E-state index contributed by atoms with van der Waals surface area (Å²) in [7, 11) is 0. The third kappa shape index (κ3) is 3.65. The van der Waals surface area contributed by atoms with E-state index in [4.69, 9.17) is 0 Å². The molecule has 0 aliphatic carbocycles. The summed E-state index contributed by atoms with van der Waals surface area (Å²) in [6.45, 7) is 6.44.